The van der Waals surface area contributed by atoms with E-state index in [1.807, 2.05) is 0 Å². The molecule has 0 bridgehead atoms. The minimum absolute atomic E-state index is 0.718. The van der Waals surface area contributed by atoms with E-state index in [1.165, 1.54) is 0 Å². The molecule has 0 amide bonds. The van der Waals surface area contributed by atoms with Gasteiger partial charge in [0.2, 0.25) is 0 Å². The van der Waals surface area contributed by atoms with Gasteiger partial charge in [0.05, 0.1) is 0 Å². The van der Waals surface area contributed by atoms with Crippen LogP contribution in [0.25, 0.3) is 0 Å². The summed E-state index contributed by atoms with van der Waals surface area (Å²) in [5, 5.41) is 0. The van der Waals surface area contributed by atoms with Gasteiger partial charge in [0.25, 0.3) is 0 Å². The van der Waals surface area contributed by atoms with Crippen molar-refractivity contribution in [2.75, 3.05) is 0 Å². The Labute approximate surface area is 583 Å². The molecule has 0 unspecified atom stereocenters. The molecule has 14 heteroatoms. The predicted octanol–water partition coefficient (Wildman–Crippen LogP) is 25.0. The van der Waals surface area contributed by atoms with E-state index in [0.29, 0.717) is 0 Å². The van der Waals surface area contributed by atoms with E-state index in [-0.39, 0.29) is 0 Å². The van der Waals surface area contributed by atoms with Crippen molar-refractivity contribution >= 4 is 81.8 Å². The summed E-state index contributed by atoms with van der Waals surface area (Å²) in [5.41, 5.74) is 2.04. The molecule has 0 aliphatic heterocycles. The molecule has 0 N–H and O–H groups in total. The molecule has 0 spiro atoms. The fourth-order valence-corrected chi connectivity index (χ4v) is 33.0. The summed E-state index contributed by atoms with van der Waals surface area (Å²) in [4.78, 5) is 0. The molecule has 0 saturated carbocycles. The van der Waals surface area contributed by atoms with Crippen molar-refractivity contribution < 1.29 is 26.6 Å². The van der Waals surface area contributed by atoms with Gasteiger partial charge in [-0.3, -0.25) is 0 Å². The summed E-state index contributed by atoms with van der Waals surface area (Å²) in [6.45, 7) is 42.0. The molecule has 4 aromatic rings. The van der Waals surface area contributed by atoms with Crippen LogP contribution in [0.5, 0.6) is 0 Å². The number of benzene rings is 4. The first kappa shape index (κ1) is 76.7. The summed E-state index contributed by atoms with van der Waals surface area (Å²) in [6, 6.07) is 54.9. The van der Waals surface area contributed by atoms with Crippen LogP contribution in [0.4, 0.5) is 0 Å². The topological polar surface area (TPSA) is 55.4 Å². The summed E-state index contributed by atoms with van der Waals surface area (Å²) in [5.74, 6) is 0. The summed E-state index contributed by atoms with van der Waals surface area (Å²) in [6.07, 6.45) is 28.4. The van der Waals surface area contributed by atoms with Gasteiger partial charge in [-0.15, -0.1) is 0 Å². The molecule has 7 rings (SSSR count). The molecule has 0 saturated heterocycles. The highest BCUT2D eigenvalue weighted by atomic mass is 79.9. The first-order chi connectivity index (χ1) is 44.0. The average molecular weight is 1480 g/mol. The lowest BCUT2D eigenvalue weighted by atomic mass is 9.78. The zero-order chi connectivity index (χ0) is 67.4. The Hall–Kier alpha value is -2.66. The minimum Gasteiger partial charge on any atom is -0.401 e. The van der Waals surface area contributed by atoms with E-state index in [9.17, 15) is 0 Å². The molecule has 3 aliphatic carbocycles. The van der Waals surface area contributed by atoms with Crippen molar-refractivity contribution in [3.63, 3.8) is 0 Å². The zero-order valence-corrected chi connectivity index (χ0v) is 69.3. The van der Waals surface area contributed by atoms with Gasteiger partial charge in [0, 0.05) is 8.95 Å². The van der Waals surface area contributed by atoms with Gasteiger partial charge in [-0.05, 0) is 239 Å². The SMILES string of the molecule is CC[Si](CC)(CC)OC1(c2ccc(Br)cc2)C=CC(O[Si](CC)(CC)CC)(c2ccc(C3(O[Si](CC)(CC)CC)C=CC(O[Si](CC)(CC)CC)(c4ccc(C5(O[Si](CC)(CC)CC)C=CC(O[Si](CC)(CC)CC)(c6ccc(Br)cc6)C=C5)cc4)C=C3)cc2)C=C1. The Balaban J connectivity index is 1.39. The van der Waals surface area contributed by atoms with Crippen molar-refractivity contribution in [1.29, 1.82) is 0 Å². The maximum Gasteiger partial charge on any atom is 0.194 e. The van der Waals surface area contributed by atoms with Crippen molar-refractivity contribution in [2.45, 2.75) is 267 Å². The van der Waals surface area contributed by atoms with Gasteiger partial charge in [0.1, 0.15) is 33.6 Å². The predicted molar refractivity (Wildman–Crippen MR) is 416 cm³/mol. The third kappa shape index (κ3) is 15.4. The van der Waals surface area contributed by atoms with Crippen LogP contribution < -0.4 is 0 Å². The van der Waals surface area contributed by atoms with Gasteiger partial charge >= 0.3 is 0 Å². The van der Waals surface area contributed by atoms with Gasteiger partial charge in [0.15, 0.2) is 49.9 Å². The Morgan fingerprint density at radius 1 is 0.196 bits per heavy atom. The monoisotopic (exact) mass is 1480 g/mol. The number of halogens is 2. The molecular formula is C78H118Br2O6Si6. The van der Waals surface area contributed by atoms with E-state index >= 15 is 0 Å². The standard InChI is InChI=1S/C78H118Br2O6Si6/c1-19-87(20-2,21-3)81-73(65-37-41-67(42-38-65)75(83-89(25-7,26-8)27-9)57-61-77(62-58-75,69-45-49-71(79)50-46-69)85-91(31-13,32-14)33-15)53-55-74(56-54-73,82-88(22-4,23-5)24-6)66-39-43-68(44-40-66)76(84-90(28-10,29-11)30-12)59-63-78(64-60-76,70-47-51-72(80)52-48-70)86-92(34-16,35-17)36-18/h37-64H,19-36H2,1-18H3. The second-order valence-electron chi connectivity index (χ2n) is 27.0. The third-order valence-corrected chi connectivity index (χ3v) is 52.4. The van der Waals surface area contributed by atoms with E-state index in [0.717, 1.165) is 151 Å². The van der Waals surface area contributed by atoms with Crippen LogP contribution in [-0.4, -0.2) is 49.9 Å². The molecular weight excluding hydrogens is 1360 g/mol. The van der Waals surface area contributed by atoms with Gasteiger partial charge in [-0.25, -0.2) is 0 Å². The van der Waals surface area contributed by atoms with E-state index in [1.54, 1.807) is 0 Å². The highest BCUT2D eigenvalue weighted by Crippen LogP contribution is 2.51. The van der Waals surface area contributed by atoms with Gasteiger partial charge < -0.3 is 26.6 Å². The maximum atomic E-state index is 7.96. The van der Waals surface area contributed by atoms with Crippen LogP contribution in [0.3, 0.4) is 0 Å². The number of hydrogen-bond acceptors (Lipinski definition) is 6. The lowest BCUT2D eigenvalue weighted by molar-refractivity contribution is 0.118. The summed E-state index contributed by atoms with van der Waals surface area (Å²) < 4.78 is 49.0. The Kier molecular flexibility index (Phi) is 26.6. The second-order valence-corrected chi connectivity index (χ2v) is 57.0. The normalized spacial score (nSPS) is 24.5. The van der Waals surface area contributed by atoms with Crippen LogP contribution in [-0.2, 0) is 60.2 Å². The lowest BCUT2D eigenvalue weighted by Crippen LogP contribution is -2.49. The molecule has 0 heterocycles. The van der Waals surface area contributed by atoms with E-state index < -0.39 is 83.5 Å². The van der Waals surface area contributed by atoms with Crippen molar-refractivity contribution in [2.24, 2.45) is 0 Å². The number of hydrogen-bond donors (Lipinski definition) is 0. The van der Waals surface area contributed by atoms with Gasteiger partial charge in [-0.2, -0.15) is 0 Å². The second kappa shape index (κ2) is 31.9. The largest absolute Gasteiger partial charge is 0.401 e. The quantitative estimate of drug-likeness (QED) is 0.0334. The fraction of sp³-hybridized carbons (Fsp3) is 0.538. The Morgan fingerprint density at radius 3 is 0.391 bits per heavy atom. The molecule has 3 aliphatic rings. The molecule has 0 fully saturated rings. The molecule has 0 aromatic heterocycles. The molecule has 504 valence electrons. The minimum atomic E-state index is -2.28. The maximum absolute atomic E-state index is 7.96. The van der Waals surface area contributed by atoms with E-state index in [4.69, 9.17) is 26.6 Å². The molecule has 0 atom stereocenters. The average Bonchev–Trinajstić information content (AvgIpc) is 0.748. The van der Waals surface area contributed by atoms with E-state index in [2.05, 4.69) is 326 Å². The van der Waals surface area contributed by atoms with Gasteiger partial charge in [-0.1, -0.05) is 229 Å². The Morgan fingerprint density at radius 2 is 0.293 bits per heavy atom. The van der Waals surface area contributed by atoms with Crippen LogP contribution in [0.2, 0.25) is 109 Å². The van der Waals surface area contributed by atoms with Crippen molar-refractivity contribution in [1.82, 2.24) is 0 Å². The smallest absolute Gasteiger partial charge is 0.194 e. The fourth-order valence-electron chi connectivity index (χ4n) is 15.1. The van der Waals surface area contributed by atoms with Crippen LogP contribution in [0.1, 0.15) is 158 Å². The molecule has 92 heavy (non-hydrogen) atoms. The van der Waals surface area contributed by atoms with Crippen molar-refractivity contribution in [3.05, 3.63) is 212 Å². The van der Waals surface area contributed by atoms with Crippen LogP contribution in [0.15, 0.2) is 179 Å². The summed E-state index contributed by atoms with van der Waals surface area (Å²) in [7, 11) is -13.3. The highest BCUT2D eigenvalue weighted by Gasteiger charge is 2.51. The highest BCUT2D eigenvalue weighted by molar-refractivity contribution is 9.10. The van der Waals surface area contributed by atoms with Crippen LogP contribution >= 0.6 is 31.9 Å². The number of rotatable bonds is 36. The Bertz CT molecular complexity index is 2860. The summed E-state index contributed by atoms with van der Waals surface area (Å²) >= 11 is 7.47. The first-order valence-corrected chi connectivity index (χ1v) is 52.9. The lowest BCUT2D eigenvalue weighted by Gasteiger charge is -2.47. The third-order valence-electron chi connectivity index (χ3n) is 23.5. The zero-order valence-electron chi connectivity index (χ0n) is 60.1. The molecule has 6 nitrogen and oxygen atoms in total. The first-order valence-electron chi connectivity index (χ1n) is 36.2. The molecule has 4 aromatic carbocycles. The van der Waals surface area contributed by atoms with Crippen molar-refractivity contribution in [3.8, 4) is 0 Å². The molecule has 0 radical (unpaired) electrons. The van der Waals surface area contributed by atoms with Crippen LogP contribution in [0, 0.1) is 0 Å².